The van der Waals surface area contributed by atoms with Gasteiger partial charge in [-0.2, -0.15) is 0 Å². The van der Waals surface area contributed by atoms with Gasteiger partial charge in [-0.15, -0.1) is 0 Å². The van der Waals surface area contributed by atoms with E-state index >= 15 is 0 Å². The Hall–Kier alpha value is -1.81. The third-order valence-electron chi connectivity index (χ3n) is 3.40. The molecule has 0 saturated heterocycles. The molecule has 114 valence electrons. The molecule has 0 unspecified atom stereocenters. The Morgan fingerprint density at radius 2 is 2.14 bits per heavy atom. The molecule has 0 atom stereocenters. The van der Waals surface area contributed by atoms with Gasteiger partial charge in [0.05, 0.1) is 12.7 Å². The Labute approximate surface area is 125 Å². The van der Waals surface area contributed by atoms with Gasteiger partial charge in [0.15, 0.2) is 0 Å². The van der Waals surface area contributed by atoms with Crippen LogP contribution in [0.3, 0.4) is 0 Å². The summed E-state index contributed by atoms with van der Waals surface area (Å²) in [5, 5.41) is 4.14. The largest absolute Gasteiger partial charge is 0.377 e. The Morgan fingerprint density at radius 3 is 2.95 bits per heavy atom. The van der Waals surface area contributed by atoms with Crippen molar-refractivity contribution in [2.75, 3.05) is 13.2 Å². The van der Waals surface area contributed by atoms with Gasteiger partial charge in [-0.3, -0.25) is 4.79 Å². The van der Waals surface area contributed by atoms with Crippen LogP contribution in [-0.2, 0) is 16.0 Å². The SMILES string of the molecule is CC(C)OCCNC(=O)CCCc1c[nH]c2ccccc12. The van der Waals surface area contributed by atoms with Crippen molar-refractivity contribution in [3.05, 3.63) is 36.0 Å². The number of aromatic amines is 1. The van der Waals surface area contributed by atoms with Gasteiger partial charge in [0, 0.05) is 30.1 Å². The van der Waals surface area contributed by atoms with Gasteiger partial charge in [0.25, 0.3) is 0 Å². The summed E-state index contributed by atoms with van der Waals surface area (Å²) in [4.78, 5) is 15.0. The van der Waals surface area contributed by atoms with Crippen LogP contribution in [-0.4, -0.2) is 30.1 Å². The van der Waals surface area contributed by atoms with E-state index in [0.29, 0.717) is 19.6 Å². The lowest BCUT2D eigenvalue weighted by Gasteiger charge is -2.08. The Kier molecular flexibility index (Phi) is 5.81. The van der Waals surface area contributed by atoms with E-state index in [1.165, 1.54) is 10.9 Å². The molecule has 4 nitrogen and oxygen atoms in total. The van der Waals surface area contributed by atoms with Crippen LogP contribution in [0.1, 0.15) is 32.3 Å². The number of carbonyl (C=O) groups excluding carboxylic acids is 1. The molecule has 0 aliphatic rings. The molecule has 0 aliphatic carbocycles. The second-order valence-electron chi connectivity index (χ2n) is 5.48. The number of ether oxygens (including phenoxy) is 1. The predicted molar refractivity (Wildman–Crippen MR) is 85.3 cm³/mol. The third kappa shape index (κ3) is 4.90. The highest BCUT2D eigenvalue weighted by molar-refractivity contribution is 5.83. The van der Waals surface area contributed by atoms with Crippen molar-refractivity contribution in [3.8, 4) is 0 Å². The summed E-state index contributed by atoms with van der Waals surface area (Å²) in [7, 11) is 0. The summed E-state index contributed by atoms with van der Waals surface area (Å²) in [6, 6.07) is 8.25. The minimum absolute atomic E-state index is 0.0993. The van der Waals surface area contributed by atoms with Crippen LogP contribution in [0.5, 0.6) is 0 Å². The van der Waals surface area contributed by atoms with Crippen LogP contribution in [0.2, 0.25) is 0 Å². The maximum Gasteiger partial charge on any atom is 0.220 e. The highest BCUT2D eigenvalue weighted by Crippen LogP contribution is 2.19. The normalized spacial score (nSPS) is 11.2. The second kappa shape index (κ2) is 7.84. The molecule has 0 radical (unpaired) electrons. The van der Waals surface area contributed by atoms with E-state index in [-0.39, 0.29) is 12.0 Å². The molecule has 1 aromatic heterocycles. The van der Waals surface area contributed by atoms with Crippen LogP contribution in [0.4, 0.5) is 0 Å². The molecule has 4 heteroatoms. The van der Waals surface area contributed by atoms with Crippen molar-refractivity contribution in [2.24, 2.45) is 0 Å². The van der Waals surface area contributed by atoms with E-state index in [1.54, 1.807) is 0 Å². The van der Waals surface area contributed by atoms with Crippen LogP contribution >= 0.6 is 0 Å². The molecule has 1 heterocycles. The lowest BCUT2D eigenvalue weighted by atomic mass is 10.1. The van der Waals surface area contributed by atoms with Gasteiger partial charge in [0.1, 0.15) is 0 Å². The summed E-state index contributed by atoms with van der Waals surface area (Å²) in [5.74, 6) is 0.0993. The molecular weight excluding hydrogens is 264 g/mol. The minimum Gasteiger partial charge on any atom is -0.377 e. The molecule has 2 N–H and O–H groups in total. The number of para-hydroxylation sites is 1. The highest BCUT2D eigenvalue weighted by atomic mass is 16.5. The van der Waals surface area contributed by atoms with Gasteiger partial charge >= 0.3 is 0 Å². The molecule has 0 bridgehead atoms. The number of hydrogen-bond donors (Lipinski definition) is 2. The fraction of sp³-hybridized carbons (Fsp3) is 0.471. The number of aryl methyl sites for hydroxylation is 1. The van der Waals surface area contributed by atoms with E-state index in [1.807, 2.05) is 32.2 Å². The molecule has 1 amide bonds. The summed E-state index contributed by atoms with van der Waals surface area (Å²) < 4.78 is 5.38. The van der Waals surface area contributed by atoms with Crippen molar-refractivity contribution < 1.29 is 9.53 Å². The molecular formula is C17H24N2O2. The summed E-state index contributed by atoms with van der Waals surface area (Å²) >= 11 is 0. The smallest absolute Gasteiger partial charge is 0.220 e. The molecule has 1 aromatic carbocycles. The van der Waals surface area contributed by atoms with Crippen molar-refractivity contribution in [2.45, 2.75) is 39.2 Å². The third-order valence-corrected chi connectivity index (χ3v) is 3.40. The quantitative estimate of drug-likeness (QED) is 0.734. The summed E-state index contributed by atoms with van der Waals surface area (Å²) in [6.07, 6.45) is 4.59. The van der Waals surface area contributed by atoms with Gasteiger partial charge in [-0.05, 0) is 38.3 Å². The maximum absolute atomic E-state index is 11.7. The van der Waals surface area contributed by atoms with Gasteiger partial charge in [-0.25, -0.2) is 0 Å². The van der Waals surface area contributed by atoms with Gasteiger partial charge in [-0.1, -0.05) is 18.2 Å². The fourth-order valence-electron chi connectivity index (χ4n) is 2.35. The first kappa shape index (κ1) is 15.6. The zero-order valence-electron chi connectivity index (χ0n) is 12.8. The number of benzene rings is 1. The minimum atomic E-state index is 0.0993. The van der Waals surface area contributed by atoms with E-state index in [4.69, 9.17) is 4.74 Å². The first-order valence-electron chi connectivity index (χ1n) is 7.60. The van der Waals surface area contributed by atoms with Crippen molar-refractivity contribution in [1.29, 1.82) is 0 Å². The number of carbonyl (C=O) groups is 1. The second-order valence-corrected chi connectivity index (χ2v) is 5.48. The predicted octanol–water partition coefficient (Wildman–Crippen LogP) is 3.03. The molecule has 2 rings (SSSR count). The number of rotatable bonds is 8. The number of H-pyrrole nitrogens is 1. The Balaban J connectivity index is 1.68. The average Bonchev–Trinajstić information content (AvgIpc) is 2.87. The average molecular weight is 288 g/mol. The molecule has 0 spiro atoms. The van der Waals surface area contributed by atoms with Crippen molar-refractivity contribution in [1.82, 2.24) is 10.3 Å². The van der Waals surface area contributed by atoms with Crippen molar-refractivity contribution in [3.63, 3.8) is 0 Å². The zero-order valence-corrected chi connectivity index (χ0v) is 12.8. The van der Waals surface area contributed by atoms with Gasteiger partial charge < -0.3 is 15.0 Å². The van der Waals surface area contributed by atoms with E-state index in [9.17, 15) is 4.79 Å². The lowest BCUT2D eigenvalue weighted by Crippen LogP contribution is -2.27. The number of nitrogens with one attached hydrogen (secondary N) is 2. The van der Waals surface area contributed by atoms with Crippen LogP contribution in [0.25, 0.3) is 10.9 Å². The number of amides is 1. The lowest BCUT2D eigenvalue weighted by molar-refractivity contribution is -0.121. The standard InChI is InChI=1S/C17H24N2O2/c1-13(2)21-11-10-18-17(20)9-5-6-14-12-19-16-8-4-3-7-15(14)16/h3-4,7-8,12-13,19H,5-6,9-11H2,1-2H3,(H,18,20). The summed E-state index contributed by atoms with van der Waals surface area (Å²) in [6.45, 7) is 5.14. The van der Waals surface area contributed by atoms with E-state index in [2.05, 4.69) is 22.4 Å². The topological polar surface area (TPSA) is 54.1 Å². The molecule has 0 fully saturated rings. The van der Waals surface area contributed by atoms with Crippen LogP contribution in [0, 0.1) is 0 Å². The first-order valence-corrected chi connectivity index (χ1v) is 7.60. The number of aromatic nitrogens is 1. The zero-order chi connectivity index (χ0) is 15.1. The Bertz CT molecular complexity index is 575. The molecule has 21 heavy (non-hydrogen) atoms. The number of hydrogen-bond acceptors (Lipinski definition) is 2. The molecule has 0 aliphatic heterocycles. The van der Waals surface area contributed by atoms with E-state index < -0.39 is 0 Å². The summed E-state index contributed by atoms with van der Waals surface area (Å²) in [5.41, 5.74) is 2.43. The van der Waals surface area contributed by atoms with Crippen LogP contribution < -0.4 is 5.32 Å². The van der Waals surface area contributed by atoms with Crippen molar-refractivity contribution >= 4 is 16.8 Å². The number of fused-ring (bicyclic) bond motifs is 1. The molecule has 0 saturated carbocycles. The van der Waals surface area contributed by atoms with Gasteiger partial charge in [0.2, 0.25) is 5.91 Å². The highest BCUT2D eigenvalue weighted by Gasteiger charge is 2.05. The Morgan fingerprint density at radius 1 is 1.33 bits per heavy atom. The molecule has 2 aromatic rings. The van der Waals surface area contributed by atoms with Crippen LogP contribution in [0.15, 0.2) is 30.5 Å². The fourth-order valence-corrected chi connectivity index (χ4v) is 2.35. The maximum atomic E-state index is 11.7. The van der Waals surface area contributed by atoms with E-state index in [0.717, 1.165) is 18.4 Å². The monoisotopic (exact) mass is 288 g/mol. The first-order chi connectivity index (χ1) is 10.2.